The Hall–Kier alpha value is -3.96. The summed E-state index contributed by atoms with van der Waals surface area (Å²) in [5.41, 5.74) is 4.73. The Bertz CT molecular complexity index is 2210. The first-order valence-electron chi connectivity index (χ1n) is 20.5. The van der Waals surface area contributed by atoms with Crippen LogP contribution in [0.2, 0.25) is 16.6 Å². The van der Waals surface area contributed by atoms with Gasteiger partial charge in [0.05, 0.1) is 29.7 Å². The largest absolute Gasteiger partial charge is 0.468 e. The second-order valence-corrected chi connectivity index (χ2v) is 23.0. The lowest BCUT2D eigenvalue weighted by Gasteiger charge is -2.38. The molecule has 8 rings (SSSR count). The lowest BCUT2D eigenvalue weighted by molar-refractivity contribution is 0.0512. The number of halogens is 3. The number of fused-ring (bicyclic) bond motifs is 4. The fraction of sp³-hybridized carbons (Fsp3) is 0.568. The summed E-state index contributed by atoms with van der Waals surface area (Å²) in [5, 5.41) is 1.50. The summed E-state index contributed by atoms with van der Waals surface area (Å²) in [6.07, 6.45) is 3.78. The van der Waals surface area contributed by atoms with Crippen LogP contribution in [-0.4, -0.2) is 99.0 Å². The molecule has 0 bridgehead atoms. The average molecular weight is 802 g/mol. The van der Waals surface area contributed by atoms with E-state index < -0.39 is 31.4 Å². The molecule has 1 aliphatic carbocycles. The summed E-state index contributed by atoms with van der Waals surface area (Å²) in [4.78, 5) is 18.7. The highest BCUT2D eigenvalue weighted by Crippen LogP contribution is 2.45. The number of nitrogens with zero attached hydrogens (tertiary/aromatic N) is 5. The van der Waals surface area contributed by atoms with Gasteiger partial charge in [0, 0.05) is 55.7 Å². The molecule has 304 valence electrons. The molecule has 13 heteroatoms. The van der Waals surface area contributed by atoms with Gasteiger partial charge < -0.3 is 23.8 Å². The Balaban J connectivity index is 1.31. The van der Waals surface area contributed by atoms with E-state index in [2.05, 4.69) is 62.8 Å². The lowest BCUT2D eigenvalue weighted by Crippen LogP contribution is -2.43. The van der Waals surface area contributed by atoms with E-state index in [9.17, 15) is 4.39 Å². The van der Waals surface area contributed by atoms with Crippen LogP contribution < -0.4 is 14.4 Å². The van der Waals surface area contributed by atoms with Gasteiger partial charge in [-0.2, -0.15) is 9.97 Å². The molecule has 57 heavy (non-hydrogen) atoms. The number of methoxy groups -OCH3 is 1. The number of benzene rings is 2. The summed E-state index contributed by atoms with van der Waals surface area (Å²) >= 11 is 0. The first kappa shape index (κ1) is 39.8. The minimum Gasteiger partial charge on any atom is -0.468 e. The van der Waals surface area contributed by atoms with Crippen LogP contribution in [0.1, 0.15) is 72.8 Å². The molecule has 9 nitrogen and oxygen atoms in total. The molecule has 4 aromatic rings. The molecule has 2 aromatic heterocycles. The number of hydrogen-bond donors (Lipinski definition) is 0. The predicted molar refractivity (Wildman–Crippen MR) is 219 cm³/mol. The Morgan fingerprint density at radius 2 is 1.82 bits per heavy atom. The quantitative estimate of drug-likeness (QED) is 0.0840. The molecule has 0 N–H and O–H groups in total. The van der Waals surface area contributed by atoms with E-state index in [1.807, 2.05) is 0 Å². The van der Waals surface area contributed by atoms with Crippen LogP contribution in [0.4, 0.5) is 19.0 Å². The molecule has 0 radical (unpaired) electrons. The monoisotopic (exact) mass is 801 g/mol. The van der Waals surface area contributed by atoms with E-state index >= 15 is 8.78 Å². The first-order valence-corrected chi connectivity index (χ1v) is 22.7. The van der Waals surface area contributed by atoms with Crippen LogP contribution in [0, 0.1) is 29.0 Å². The molecule has 4 fully saturated rings. The van der Waals surface area contributed by atoms with Crippen LogP contribution >= 0.6 is 0 Å². The van der Waals surface area contributed by atoms with Crippen LogP contribution in [-0.2, 0) is 9.47 Å². The van der Waals surface area contributed by atoms with Crippen LogP contribution in [0.25, 0.3) is 32.9 Å². The van der Waals surface area contributed by atoms with Crippen molar-refractivity contribution in [2.45, 2.75) is 102 Å². The van der Waals surface area contributed by atoms with Gasteiger partial charge in [0.25, 0.3) is 0 Å². The van der Waals surface area contributed by atoms with Crippen molar-refractivity contribution in [2.75, 3.05) is 58.3 Å². The van der Waals surface area contributed by atoms with Crippen molar-refractivity contribution >= 4 is 35.6 Å². The van der Waals surface area contributed by atoms with Gasteiger partial charge >= 0.3 is 6.01 Å². The predicted octanol–water partition coefficient (Wildman–Crippen LogP) is 8.86. The van der Waals surface area contributed by atoms with Crippen molar-refractivity contribution < 1.29 is 32.1 Å². The maximum absolute atomic E-state index is 17.6. The van der Waals surface area contributed by atoms with Gasteiger partial charge in [-0.25, -0.2) is 13.2 Å². The van der Waals surface area contributed by atoms with Crippen molar-refractivity contribution in [2.24, 2.45) is 5.92 Å². The Kier molecular flexibility index (Phi) is 10.9. The number of aromatic nitrogens is 3. The van der Waals surface area contributed by atoms with Gasteiger partial charge in [0.15, 0.2) is 12.6 Å². The third kappa shape index (κ3) is 7.14. The van der Waals surface area contributed by atoms with Gasteiger partial charge in [0.1, 0.15) is 49.4 Å². The van der Waals surface area contributed by atoms with Crippen LogP contribution in [0.5, 0.6) is 11.8 Å². The normalized spacial score (nSPS) is 23.6. The standard InChI is InChI=1S/C44H54F3N5O4Si/c1-26(2)57(27(3)4,28(5)6)16-11-33-36(46)10-9-29-17-32(56-25-53-7)19-34(38(29)33)40-39(47)41-35(21-48-40)42(52-14-15-54-23-30-18-37(30)52)50-43(49-41)55-24-44-12-8-13-51(44)22-31(45)20-44/h9-10,17,19,21,26-28,30-31,37H,8,12-15,18,20,22-25H2,1-7H3/t30?,31-,37?,44+/m1/s1. The third-order valence-corrected chi connectivity index (χ3v) is 19.4. The number of ether oxygens (including phenoxy) is 4. The van der Waals surface area contributed by atoms with Crippen molar-refractivity contribution in [3.8, 4) is 34.5 Å². The highest BCUT2D eigenvalue weighted by molar-refractivity contribution is 6.90. The SMILES string of the molecule is COCOc1cc(-c2ncc3c(N4CCOCC5CC54)nc(OC[C@@]45CCCN4C[C@H](F)C5)nc3c2F)c2c(C#C[Si](C(C)C)(C(C)C)C(C)C)c(F)ccc2c1. The second kappa shape index (κ2) is 15.7. The molecular weight excluding hydrogens is 748 g/mol. The summed E-state index contributed by atoms with van der Waals surface area (Å²) in [5.74, 6) is 3.43. The van der Waals surface area contributed by atoms with Crippen molar-refractivity contribution in [3.63, 3.8) is 0 Å². The van der Waals surface area contributed by atoms with Gasteiger partial charge in [0.2, 0.25) is 0 Å². The number of hydrogen-bond acceptors (Lipinski definition) is 9. The number of alkyl halides is 1. The molecule has 0 amide bonds. The van der Waals surface area contributed by atoms with Crippen LogP contribution in [0.3, 0.4) is 0 Å². The Morgan fingerprint density at radius 1 is 1.04 bits per heavy atom. The highest BCUT2D eigenvalue weighted by atomic mass is 28.3. The van der Waals surface area contributed by atoms with Crippen molar-refractivity contribution in [3.05, 3.63) is 47.7 Å². The van der Waals surface area contributed by atoms with E-state index in [4.69, 9.17) is 33.9 Å². The Morgan fingerprint density at radius 3 is 2.58 bits per heavy atom. The summed E-state index contributed by atoms with van der Waals surface area (Å²) in [6, 6.07) is 6.73. The van der Waals surface area contributed by atoms with E-state index in [0.29, 0.717) is 88.6 Å². The zero-order chi connectivity index (χ0) is 40.2. The van der Waals surface area contributed by atoms with Crippen molar-refractivity contribution in [1.29, 1.82) is 0 Å². The van der Waals surface area contributed by atoms with E-state index in [0.717, 1.165) is 25.8 Å². The minimum absolute atomic E-state index is 0.0245. The maximum Gasteiger partial charge on any atom is 0.319 e. The first-order chi connectivity index (χ1) is 27.4. The topological polar surface area (TPSA) is 82.1 Å². The molecule has 1 saturated carbocycles. The molecule has 4 aliphatic rings. The maximum atomic E-state index is 17.6. The molecule has 0 spiro atoms. The van der Waals surface area contributed by atoms with Gasteiger partial charge in [-0.15, -0.1) is 5.54 Å². The number of anilines is 1. The summed E-state index contributed by atoms with van der Waals surface area (Å²) in [7, 11) is -0.764. The molecule has 3 saturated heterocycles. The number of pyridine rings is 1. The molecule has 2 unspecified atom stereocenters. The summed E-state index contributed by atoms with van der Waals surface area (Å²) in [6.45, 7) is 16.4. The third-order valence-electron chi connectivity index (χ3n) is 13.1. The van der Waals surface area contributed by atoms with Gasteiger partial charge in [-0.1, -0.05) is 53.5 Å². The Labute approximate surface area is 334 Å². The van der Waals surface area contributed by atoms with E-state index in [-0.39, 0.29) is 42.2 Å². The van der Waals surface area contributed by atoms with E-state index in [1.165, 1.54) is 13.2 Å². The fourth-order valence-corrected chi connectivity index (χ4v) is 15.5. The zero-order valence-corrected chi connectivity index (χ0v) is 35.1. The second-order valence-electron chi connectivity index (χ2n) is 17.4. The lowest BCUT2D eigenvalue weighted by atomic mass is 9.95. The highest BCUT2D eigenvalue weighted by Gasteiger charge is 2.50. The van der Waals surface area contributed by atoms with E-state index in [1.54, 1.807) is 24.4 Å². The van der Waals surface area contributed by atoms with Gasteiger partial charge in [-0.3, -0.25) is 9.88 Å². The smallest absolute Gasteiger partial charge is 0.319 e. The zero-order valence-electron chi connectivity index (χ0n) is 34.1. The molecule has 2 aromatic carbocycles. The molecule has 3 aliphatic heterocycles. The van der Waals surface area contributed by atoms with Crippen molar-refractivity contribution in [1.82, 2.24) is 19.9 Å². The molecule has 4 atom stereocenters. The molecule has 5 heterocycles. The fourth-order valence-electron chi connectivity index (χ4n) is 10.3. The average Bonchev–Trinajstić information content (AvgIpc) is 3.78. The van der Waals surface area contributed by atoms with Gasteiger partial charge in [-0.05, 0) is 66.0 Å². The summed E-state index contributed by atoms with van der Waals surface area (Å²) < 4.78 is 71.9. The van der Waals surface area contributed by atoms with Crippen LogP contribution in [0.15, 0.2) is 30.5 Å². The number of rotatable bonds is 11. The molecular formula is C44H54F3N5O4Si. The minimum atomic E-state index is -2.29.